The number of aromatic nitrogens is 3. The molecule has 7 aromatic carbocycles. The molecule has 0 amide bonds. The summed E-state index contributed by atoms with van der Waals surface area (Å²) >= 11 is 3.70. The second-order valence-electron chi connectivity index (χ2n) is 14.0. The van der Waals surface area contributed by atoms with Crippen LogP contribution in [0.2, 0.25) is 0 Å². The first kappa shape index (κ1) is 29.4. The number of fused-ring (bicyclic) bond motifs is 14. The quantitative estimate of drug-likeness (QED) is 0.183. The third-order valence-corrected chi connectivity index (χ3v) is 13.4. The lowest BCUT2D eigenvalue weighted by Gasteiger charge is -2.14. The molecule has 0 N–H and O–H groups in total. The summed E-state index contributed by atoms with van der Waals surface area (Å²) in [5.41, 5.74) is 7.13. The average Bonchev–Trinajstić information content (AvgIpc) is 3.91. The molecule has 0 bridgehead atoms. The van der Waals surface area contributed by atoms with Crippen molar-refractivity contribution in [3.8, 4) is 28.3 Å². The van der Waals surface area contributed by atoms with Crippen LogP contribution in [0.5, 0.6) is 0 Å². The first-order valence-electron chi connectivity index (χ1n) is 18.1. The molecule has 4 aromatic heterocycles. The summed E-state index contributed by atoms with van der Waals surface area (Å²) in [4.78, 5) is 13.3. The zero-order valence-corrected chi connectivity index (χ0v) is 30.1. The van der Waals surface area contributed by atoms with Crippen molar-refractivity contribution in [2.24, 2.45) is 0 Å². The lowest BCUT2D eigenvalue weighted by atomic mass is 9.99. The first-order chi connectivity index (χ1) is 26.3. The highest BCUT2D eigenvalue weighted by molar-refractivity contribution is 7.27. The molecule has 12 rings (SSSR count). The van der Waals surface area contributed by atoms with Crippen molar-refractivity contribution in [2.45, 2.75) is 12.8 Å². The maximum absolute atomic E-state index is 5.61. The number of thiophene rings is 2. The Morgan fingerprint density at radius 3 is 2.15 bits per heavy atom. The van der Waals surface area contributed by atoms with Crippen molar-refractivity contribution < 1.29 is 0 Å². The highest BCUT2D eigenvalue weighted by Gasteiger charge is 2.26. The third-order valence-electron chi connectivity index (χ3n) is 11.1. The molecule has 0 atom stereocenters. The Morgan fingerprint density at radius 2 is 1.26 bits per heavy atom. The van der Waals surface area contributed by atoms with E-state index in [4.69, 9.17) is 9.97 Å². The zero-order valence-electron chi connectivity index (χ0n) is 28.5. The largest absolute Gasteiger partial charge is 0.292 e. The number of allylic oxidation sites excluding steroid dienone is 1. The van der Waals surface area contributed by atoms with Crippen molar-refractivity contribution in [1.29, 1.82) is 0 Å². The van der Waals surface area contributed by atoms with Crippen LogP contribution in [-0.4, -0.2) is 14.5 Å². The number of aryl methyl sites for hydroxylation is 1. The normalized spacial score (nSPS) is 13.1. The summed E-state index contributed by atoms with van der Waals surface area (Å²) in [7, 11) is 0. The van der Waals surface area contributed by atoms with Crippen molar-refractivity contribution in [2.75, 3.05) is 0 Å². The molecule has 11 aromatic rings. The van der Waals surface area contributed by atoms with Gasteiger partial charge in [0, 0.05) is 46.8 Å². The molecule has 0 radical (unpaired) electrons. The van der Waals surface area contributed by atoms with E-state index in [1.807, 2.05) is 11.3 Å². The first-order valence-corrected chi connectivity index (χ1v) is 19.8. The molecule has 0 fully saturated rings. The standard InChI is InChI=1S/C48H29N3S2/c1-2-12-31-27-32(26-23-28(31)11-1)29-21-24-30(25-22-29)46-49-47(43-37-17-7-10-20-40(37)53-48(43)50-46)51-38-18-8-5-15-35(38)42-44(51)34-14-4-3-13-33(34)41-36-16-6-9-19-39(36)52-45(41)42/h1-6,8-16,18-27H,7,17H2. The Kier molecular flexibility index (Phi) is 6.21. The molecular formula is C48H29N3S2. The van der Waals surface area contributed by atoms with E-state index in [9.17, 15) is 0 Å². The van der Waals surface area contributed by atoms with Gasteiger partial charge in [-0.25, -0.2) is 9.97 Å². The van der Waals surface area contributed by atoms with E-state index >= 15 is 0 Å². The van der Waals surface area contributed by atoms with Gasteiger partial charge in [0.25, 0.3) is 0 Å². The molecule has 248 valence electrons. The number of para-hydroxylation sites is 1. The fraction of sp³-hybridized carbons (Fsp3) is 0.0417. The van der Waals surface area contributed by atoms with Gasteiger partial charge in [0.2, 0.25) is 0 Å². The van der Waals surface area contributed by atoms with Gasteiger partial charge in [-0.2, -0.15) is 0 Å². The van der Waals surface area contributed by atoms with Gasteiger partial charge in [-0.15, -0.1) is 22.7 Å². The summed E-state index contributed by atoms with van der Waals surface area (Å²) in [6, 6.07) is 50.7. The molecule has 3 nitrogen and oxygen atoms in total. The van der Waals surface area contributed by atoms with Gasteiger partial charge in [0.05, 0.1) is 16.4 Å². The molecule has 0 saturated carbocycles. The van der Waals surface area contributed by atoms with Crippen molar-refractivity contribution in [3.63, 3.8) is 0 Å². The monoisotopic (exact) mass is 711 g/mol. The lowest BCUT2D eigenvalue weighted by Crippen LogP contribution is -2.04. The predicted molar refractivity (Wildman–Crippen MR) is 228 cm³/mol. The molecule has 0 aliphatic heterocycles. The van der Waals surface area contributed by atoms with E-state index in [0.717, 1.165) is 34.9 Å². The molecule has 5 heteroatoms. The van der Waals surface area contributed by atoms with Crippen LogP contribution >= 0.6 is 22.7 Å². The molecule has 0 spiro atoms. The third kappa shape index (κ3) is 4.26. The molecule has 1 aliphatic carbocycles. The summed E-state index contributed by atoms with van der Waals surface area (Å²) < 4.78 is 5.12. The molecule has 0 saturated heterocycles. The van der Waals surface area contributed by atoms with E-state index in [-0.39, 0.29) is 0 Å². The SMILES string of the molecule is C1=Cc2sc3nc(-c4ccc(-c5ccc6ccccc6c5)cc4)nc(-n4c5ccccc5c5c6sc7ccccc7c6c6ccccc6c54)c3c2CC1. The van der Waals surface area contributed by atoms with Crippen LogP contribution in [0.1, 0.15) is 16.9 Å². The summed E-state index contributed by atoms with van der Waals surface area (Å²) in [5.74, 6) is 1.71. The van der Waals surface area contributed by atoms with E-state index < -0.39 is 0 Å². The minimum atomic E-state index is 0.748. The van der Waals surface area contributed by atoms with Crippen molar-refractivity contribution >= 4 is 102 Å². The number of hydrogen-bond acceptors (Lipinski definition) is 4. The minimum Gasteiger partial charge on any atom is -0.292 e. The highest BCUT2D eigenvalue weighted by Crippen LogP contribution is 2.49. The number of nitrogens with zero attached hydrogens (tertiary/aromatic N) is 3. The van der Waals surface area contributed by atoms with Crippen molar-refractivity contribution in [1.82, 2.24) is 14.5 Å². The summed E-state index contributed by atoms with van der Waals surface area (Å²) in [6.07, 6.45) is 6.59. The van der Waals surface area contributed by atoms with Gasteiger partial charge in [-0.1, -0.05) is 127 Å². The van der Waals surface area contributed by atoms with Crippen LogP contribution in [0, 0.1) is 0 Å². The van der Waals surface area contributed by atoms with Crippen LogP contribution in [-0.2, 0) is 6.42 Å². The van der Waals surface area contributed by atoms with Crippen LogP contribution < -0.4 is 0 Å². The fourth-order valence-electron chi connectivity index (χ4n) is 8.67. The van der Waals surface area contributed by atoms with Gasteiger partial charge in [0.1, 0.15) is 4.83 Å². The maximum atomic E-state index is 5.61. The van der Waals surface area contributed by atoms with E-state index in [2.05, 4.69) is 156 Å². The van der Waals surface area contributed by atoms with Gasteiger partial charge in [-0.3, -0.25) is 4.57 Å². The Labute approximate surface area is 312 Å². The van der Waals surface area contributed by atoms with Crippen LogP contribution in [0.4, 0.5) is 0 Å². The number of benzene rings is 7. The van der Waals surface area contributed by atoms with Gasteiger partial charge >= 0.3 is 0 Å². The second kappa shape index (κ2) is 11.2. The van der Waals surface area contributed by atoms with Gasteiger partial charge in [-0.05, 0) is 70.0 Å². The average molecular weight is 712 g/mol. The second-order valence-corrected chi connectivity index (χ2v) is 16.1. The highest BCUT2D eigenvalue weighted by atomic mass is 32.1. The summed E-state index contributed by atoms with van der Waals surface area (Å²) in [6.45, 7) is 0. The minimum absolute atomic E-state index is 0.748. The van der Waals surface area contributed by atoms with Crippen LogP contribution in [0.3, 0.4) is 0 Å². The van der Waals surface area contributed by atoms with Gasteiger partial charge < -0.3 is 0 Å². The molecule has 4 heterocycles. The number of hydrogen-bond donors (Lipinski definition) is 0. The molecule has 0 unspecified atom stereocenters. The van der Waals surface area contributed by atoms with E-state index in [0.29, 0.717) is 0 Å². The fourth-order valence-corrected chi connectivity index (χ4v) is 11.1. The Hall–Kier alpha value is -6.14. The van der Waals surface area contributed by atoms with E-state index in [1.165, 1.54) is 90.5 Å². The topological polar surface area (TPSA) is 30.7 Å². The smallest absolute Gasteiger partial charge is 0.163 e. The van der Waals surface area contributed by atoms with Crippen LogP contribution in [0.15, 0.2) is 146 Å². The van der Waals surface area contributed by atoms with Crippen molar-refractivity contribution in [3.05, 3.63) is 156 Å². The zero-order chi connectivity index (χ0) is 34.6. The lowest BCUT2D eigenvalue weighted by molar-refractivity contribution is 0.997. The Morgan fingerprint density at radius 1 is 0.547 bits per heavy atom. The Balaban J connectivity index is 1.16. The maximum Gasteiger partial charge on any atom is 0.163 e. The molecule has 1 aliphatic rings. The summed E-state index contributed by atoms with van der Waals surface area (Å²) in [5, 5.41) is 11.4. The van der Waals surface area contributed by atoms with Crippen LogP contribution in [0.25, 0.3) is 108 Å². The van der Waals surface area contributed by atoms with Gasteiger partial charge in [0.15, 0.2) is 11.6 Å². The van der Waals surface area contributed by atoms with E-state index in [1.54, 1.807) is 11.3 Å². The Bertz CT molecular complexity index is 3340. The molecular weight excluding hydrogens is 683 g/mol. The molecule has 53 heavy (non-hydrogen) atoms. The number of rotatable bonds is 3. The predicted octanol–water partition coefficient (Wildman–Crippen LogP) is 13.8.